The Balaban J connectivity index is 1.58. The van der Waals surface area contributed by atoms with Crippen LogP contribution in [-0.2, 0) is 17.8 Å². The first-order valence-electron chi connectivity index (χ1n) is 9.58. The molecule has 1 aromatic rings. The quantitative estimate of drug-likeness (QED) is 0.672. The van der Waals surface area contributed by atoms with Crippen LogP contribution in [0.1, 0.15) is 30.9 Å². The molecule has 0 saturated carbocycles. The van der Waals surface area contributed by atoms with Crippen molar-refractivity contribution in [3.63, 3.8) is 0 Å². The van der Waals surface area contributed by atoms with Gasteiger partial charge in [-0.05, 0) is 29.9 Å². The van der Waals surface area contributed by atoms with Gasteiger partial charge in [-0.1, -0.05) is 31.2 Å². The molecule has 0 atom stereocenters. The minimum Gasteiger partial charge on any atom is -0.379 e. The zero-order valence-corrected chi connectivity index (χ0v) is 15.7. The molecule has 5 nitrogen and oxygen atoms in total. The van der Waals surface area contributed by atoms with Crippen LogP contribution in [0.25, 0.3) is 0 Å². The lowest BCUT2D eigenvalue weighted by molar-refractivity contribution is 0.0341. The first-order chi connectivity index (χ1) is 12.3. The monoisotopic (exact) mass is 344 g/mol. The Labute approximate surface area is 152 Å². The molecule has 0 aliphatic carbocycles. The van der Waals surface area contributed by atoms with Crippen LogP contribution < -0.4 is 5.32 Å². The summed E-state index contributed by atoms with van der Waals surface area (Å²) in [7, 11) is 1.89. The van der Waals surface area contributed by atoms with Crippen molar-refractivity contribution in [2.75, 3.05) is 46.4 Å². The van der Waals surface area contributed by atoms with Gasteiger partial charge < -0.3 is 15.0 Å². The molecule has 2 aliphatic rings. The van der Waals surface area contributed by atoms with E-state index in [1.807, 2.05) is 7.05 Å². The molecule has 1 N–H and O–H groups in total. The van der Waals surface area contributed by atoms with Crippen molar-refractivity contribution in [3.05, 3.63) is 35.4 Å². The molecule has 0 radical (unpaired) electrons. The maximum Gasteiger partial charge on any atom is 0.193 e. The zero-order valence-electron chi connectivity index (χ0n) is 15.7. The van der Waals surface area contributed by atoms with Crippen molar-refractivity contribution in [2.24, 2.45) is 10.9 Å². The Morgan fingerprint density at radius 3 is 2.48 bits per heavy atom. The van der Waals surface area contributed by atoms with Gasteiger partial charge in [0.2, 0.25) is 0 Å². The van der Waals surface area contributed by atoms with E-state index in [0.29, 0.717) is 0 Å². The molecule has 5 heteroatoms. The average molecular weight is 345 g/mol. The number of nitrogens with zero attached hydrogens (tertiary/aromatic N) is 3. The summed E-state index contributed by atoms with van der Waals surface area (Å²) in [5, 5.41) is 3.58. The Morgan fingerprint density at radius 2 is 1.80 bits per heavy atom. The molecular formula is C20H32N4O. The van der Waals surface area contributed by atoms with Crippen molar-refractivity contribution >= 4 is 5.96 Å². The van der Waals surface area contributed by atoms with E-state index in [0.717, 1.165) is 64.4 Å². The van der Waals surface area contributed by atoms with Crippen LogP contribution in [0.5, 0.6) is 0 Å². The molecule has 0 unspecified atom stereocenters. The fourth-order valence-electron chi connectivity index (χ4n) is 3.61. The molecule has 25 heavy (non-hydrogen) atoms. The number of nitrogens with one attached hydrogen (secondary N) is 1. The number of likely N-dealkylation sites (tertiary alicyclic amines) is 1. The molecule has 0 aromatic heterocycles. The van der Waals surface area contributed by atoms with E-state index in [2.05, 4.69) is 51.3 Å². The topological polar surface area (TPSA) is 40.1 Å². The van der Waals surface area contributed by atoms with Gasteiger partial charge in [-0.2, -0.15) is 0 Å². The molecular weight excluding hydrogens is 312 g/mol. The second-order valence-corrected chi connectivity index (χ2v) is 7.23. The van der Waals surface area contributed by atoms with Crippen molar-refractivity contribution in [2.45, 2.75) is 32.9 Å². The van der Waals surface area contributed by atoms with Crippen LogP contribution in [0.2, 0.25) is 0 Å². The van der Waals surface area contributed by atoms with Crippen LogP contribution in [0.4, 0.5) is 0 Å². The fourth-order valence-corrected chi connectivity index (χ4v) is 3.61. The second-order valence-electron chi connectivity index (χ2n) is 7.23. The first kappa shape index (κ1) is 18.2. The second kappa shape index (κ2) is 9.20. The normalized spacial score (nSPS) is 20.7. The van der Waals surface area contributed by atoms with Gasteiger partial charge in [0.1, 0.15) is 0 Å². The highest BCUT2D eigenvalue weighted by Crippen LogP contribution is 2.17. The summed E-state index contributed by atoms with van der Waals surface area (Å²) in [6.45, 7) is 10.1. The Morgan fingerprint density at radius 1 is 1.12 bits per heavy atom. The number of aliphatic imine (C=N–C) groups is 1. The highest BCUT2D eigenvalue weighted by molar-refractivity contribution is 5.80. The molecule has 1 aromatic carbocycles. The third kappa shape index (κ3) is 5.19. The van der Waals surface area contributed by atoms with Crippen LogP contribution >= 0.6 is 0 Å². The summed E-state index contributed by atoms with van der Waals surface area (Å²) in [6, 6.07) is 8.75. The molecule has 0 spiro atoms. The molecule has 0 amide bonds. The Hall–Kier alpha value is -1.59. The SMILES string of the molecule is CN=C(NCc1ccccc1CN1CCOCC1)N1CCC(C)CC1. The van der Waals surface area contributed by atoms with Gasteiger partial charge >= 0.3 is 0 Å². The summed E-state index contributed by atoms with van der Waals surface area (Å²) in [5.74, 6) is 1.87. The molecule has 0 bridgehead atoms. The van der Waals surface area contributed by atoms with Gasteiger partial charge in [0, 0.05) is 46.3 Å². The van der Waals surface area contributed by atoms with Crippen molar-refractivity contribution in [1.29, 1.82) is 0 Å². The summed E-state index contributed by atoms with van der Waals surface area (Å²) in [6.07, 6.45) is 2.52. The van der Waals surface area contributed by atoms with E-state index in [9.17, 15) is 0 Å². The van der Waals surface area contributed by atoms with E-state index in [-0.39, 0.29) is 0 Å². The Bertz CT molecular complexity index is 561. The van der Waals surface area contributed by atoms with Gasteiger partial charge in [-0.3, -0.25) is 9.89 Å². The van der Waals surface area contributed by atoms with Crippen LogP contribution in [0.15, 0.2) is 29.3 Å². The number of benzene rings is 1. The van der Waals surface area contributed by atoms with Crippen molar-refractivity contribution < 1.29 is 4.74 Å². The number of ether oxygens (including phenoxy) is 1. The predicted molar refractivity (Wildman–Crippen MR) is 103 cm³/mol. The van der Waals surface area contributed by atoms with Crippen LogP contribution in [-0.4, -0.2) is 62.2 Å². The lowest BCUT2D eigenvalue weighted by Crippen LogP contribution is -2.45. The van der Waals surface area contributed by atoms with Crippen molar-refractivity contribution in [1.82, 2.24) is 15.1 Å². The number of guanidine groups is 1. The standard InChI is InChI=1S/C20H32N4O/c1-17-7-9-24(10-8-17)20(21-2)22-15-18-5-3-4-6-19(18)16-23-11-13-25-14-12-23/h3-6,17H,7-16H2,1-2H3,(H,21,22). The van der Waals surface area contributed by atoms with Gasteiger partial charge in [-0.25, -0.2) is 0 Å². The zero-order chi connectivity index (χ0) is 17.5. The number of hydrogen-bond acceptors (Lipinski definition) is 3. The van der Waals surface area contributed by atoms with Crippen molar-refractivity contribution in [3.8, 4) is 0 Å². The van der Waals surface area contributed by atoms with Gasteiger partial charge in [-0.15, -0.1) is 0 Å². The third-order valence-corrected chi connectivity index (χ3v) is 5.35. The van der Waals surface area contributed by atoms with E-state index in [4.69, 9.17) is 4.74 Å². The van der Waals surface area contributed by atoms with E-state index >= 15 is 0 Å². The highest BCUT2D eigenvalue weighted by atomic mass is 16.5. The summed E-state index contributed by atoms with van der Waals surface area (Å²) < 4.78 is 5.46. The lowest BCUT2D eigenvalue weighted by Gasteiger charge is -2.33. The van der Waals surface area contributed by atoms with Gasteiger partial charge in [0.15, 0.2) is 5.96 Å². The van der Waals surface area contributed by atoms with Gasteiger partial charge in [0.05, 0.1) is 13.2 Å². The highest BCUT2D eigenvalue weighted by Gasteiger charge is 2.19. The summed E-state index contributed by atoms with van der Waals surface area (Å²) >= 11 is 0. The smallest absolute Gasteiger partial charge is 0.193 e. The molecule has 2 aliphatic heterocycles. The number of morpholine rings is 1. The number of hydrogen-bond donors (Lipinski definition) is 1. The molecule has 3 rings (SSSR count). The fraction of sp³-hybridized carbons (Fsp3) is 0.650. The van der Waals surface area contributed by atoms with Crippen LogP contribution in [0, 0.1) is 5.92 Å². The number of rotatable bonds is 4. The van der Waals surface area contributed by atoms with Gasteiger partial charge in [0.25, 0.3) is 0 Å². The third-order valence-electron chi connectivity index (χ3n) is 5.35. The maximum atomic E-state index is 5.46. The molecule has 138 valence electrons. The summed E-state index contributed by atoms with van der Waals surface area (Å²) in [4.78, 5) is 9.37. The average Bonchev–Trinajstić information content (AvgIpc) is 2.65. The predicted octanol–water partition coefficient (Wildman–Crippen LogP) is 2.33. The largest absolute Gasteiger partial charge is 0.379 e. The molecule has 2 heterocycles. The van der Waals surface area contributed by atoms with Crippen LogP contribution in [0.3, 0.4) is 0 Å². The van der Waals surface area contributed by atoms with E-state index < -0.39 is 0 Å². The summed E-state index contributed by atoms with van der Waals surface area (Å²) in [5.41, 5.74) is 2.76. The minimum absolute atomic E-state index is 0.833. The van der Waals surface area contributed by atoms with E-state index in [1.54, 1.807) is 0 Å². The maximum absolute atomic E-state index is 5.46. The van der Waals surface area contributed by atoms with E-state index in [1.165, 1.54) is 24.0 Å². The Kier molecular flexibility index (Phi) is 6.70. The minimum atomic E-state index is 0.833. The lowest BCUT2D eigenvalue weighted by atomic mass is 9.99. The number of piperidine rings is 1. The molecule has 2 saturated heterocycles. The first-order valence-corrected chi connectivity index (χ1v) is 9.58. The molecule has 2 fully saturated rings.